The third-order valence-corrected chi connectivity index (χ3v) is 4.48. The molecule has 1 spiro atoms. The van der Waals surface area contributed by atoms with Crippen molar-refractivity contribution < 1.29 is 19.1 Å². The Labute approximate surface area is 139 Å². The van der Waals surface area contributed by atoms with Crippen LogP contribution in [-0.4, -0.2) is 22.2 Å². The highest BCUT2D eigenvalue weighted by Gasteiger charge is 2.50. The van der Waals surface area contributed by atoms with E-state index in [1.54, 1.807) is 0 Å². The van der Waals surface area contributed by atoms with Gasteiger partial charge in [0.1, 0.15) is 11.3 Å². The second kappa shape index (κ2) is 4.75. The number of rotatable bonds is 1. The predicted molar refractivity (Wildman–Crippen MR) is 89.0 cm³/mol. The maximum atomic E-state index is 12.1. The van der Waals surface area contributed by atoms with E-state index in [4.69, 9.17) is 9.47 Å². The first kappa shape index (κ1) is 15.1. The quantitative estimate of drug-likeness (QED) is 0.804. The number of carbonyl (C=O) groups is 2. The molecule has 6 nitrogen and oxygen atoms in total. The molecule has 0 bridgehead atoms. The fourth-order valence-electron chi connectivity index (χ4n) is 3.38. The summed E-state index contributed by atoms with van der Waals surface area (Å²) in [6, 6.07) is 7.40. The van der Waals surface area contributed by atoms with Crippen molar-refractivity contribution in [1.82, 2.24) is 4.57 Å². The van der Waals surface area contributed by atoms with Crippen LogP contribution in [0.25, 0.3) is 10.9 Å². The topological polar surface area (TPSA) is 69.6 Å². The van der Waals surface area contributed by atoms with E-state index in [1.165, 1.54) is 0 Å². The first-order chi connectivity index (χ1) is 11.3. The van der Waals surface area contributed by atoms with Crippen molar-refractivity contribution in [2.24, 2.45) is 0 Å². The van der Waals surface area contributed by atoms with Crippen LogP contribution in [-0.2, 0) is 15.2 Å². The van der Waals surface area contributed by atoms with Gasteiger partial charge in [0.2, 0.25) is 0 Å². The van der Waals surface area contributed by atoms with Crippen LogP contribution in [0.15, 0.2) is 24.3 Å². The lowest BCUT2D eigenvalue weighted by Gasteiger charge is -2.38. The summed E-state index contributed by atoms with van der Waals surface area (Å²) in [5.41, 5.74) is 1.13. The van der Waals surface area contributed by atoms with Gasteiger partial charge in [-0.25, -0.2) is 9.59 Å². The summed E-state index contributed by atoms with van der Waals surface area (Å²) in [6.07, 6.45) is 2.27. The minimum absolute atomic E-state index is 0.271. The van der Waals surface area contributed by atoms with E-state index >= 15 is 0 Å². The number of hydrogen-bond donors (Lipinski definition) is 1. The van der Waals surface area contributed by atoms with Crippen LogP contribution in [0.4, 0.5) is 10.5 Å². The third kappa shape index (κ3) is 2.25. The molecular formula is C18H20N2O4. The largest absolute Gasteiger partial charge is 0.444 e. The molecule has 24 heavy (non-hydrogen) atoms. The molecule has 1 aliphatic carbocycles. The van der Waals surface area contributed by atoms with Gasteiger partial charge in [0.15, 0.2) is 5.72 Å². The molecule has 1 saturated carbocycles. The van der Waals surface area contributed by atoms with E-state index in [0.29, 0.717) is 11.4 Å². The SMILES string of the molecule is CC(C)(C)OC(=O)Nc1ccc2c(c1)cc1n2C2(CCC2)OC1=O. The molecule has 0 atom stereocenters. The van der Waals surface area contributed by atoms with Gasteiger partial charge in [-0.1, -0.05) is 0 Å². The van der Waals surface area contributed by atoms with Gasteiger partial charge < -0.3 is 9.47 Å². The number of anilines is 1. The highest BCUT2D eigenvalue weighted by Crippen LogP contribution is 2.48. The van der Waals surface area contributed by atoms with Gasteiger partial charge in [-0.15, -0.1) is 0 Å². The first-order valence-electron chi connectivity index (χ1n) is 8.17. The lowest BCUT2D eigenvalue weighted by molar-refractivity contribution is -0.0958. The number of esters is 1. The van der Waals surface area contributed by atoms with Crippen molar-refractivity contribution in [3.63, 3.8) is 0 Å². The molecular weight excluding hydrogens is 308 g/mol. The lowest BCUT2D eigenvalue weighted by atomic mass is 9.88. The number of carbonyl (C=O) groups excluding carboxylic acids is 2. The van der Waals surface area contributed by atoms with Gasteiger partial charge in [-0.05, 0) is 51.5 Å². The number of amides is 1. The third-order valence-electron chi connectivity index (χ3n) is 4.48. The predicted octanol–water partition coefficient (Wildman–Crippen LogP) is 4.00. The van der Waals surface area contributed by atoms with Gasteiger partial charge in [-0.3, -0.25) is 9.88 Å². The van der Waals surface area contributed by atoms with Crippen molar-refractivity contribution in [3.05, 3.63) is 30.0 Å². The molecule has 0 saturated heterocycles. The smallest absolute Gasteiger partial charge is 0.412 e. The first-order valence-corrected chi connectivity index (χ1v) is 8.17. The average Bonchev–Trinajstić information content (AvgIpc) is 2.91. The molecule has 6 heteroatoms. The molecule has 2 aliphatic rings. The van der Waals surface area contributed by atoms with Gasteiger partial charge in [0.25, 0.3) is 0 Å². The molecule has 0 radical (unpaired) electrons. The Balaban J connectivity index is 1.66. The number of nitrogens with one attached hydrogen (secondary N) is 1. The van der Waals surface area contributed by atoms with Crippen LogP contribution in [0.2, 0.25) is 0 Å². The number of ether oxygens (including phenoxy) is 2. The number of hydrogen-bond acceptors (Lipinski definition) is 4. The number of fused-ring (bicyclic) bond motifs is 4. The summed E-state index contributed by atoms with van der Waals surface area (Å²) in [5.74, 6) is -0.271. The highest BCUT2D eigenvalue weighted by molar-refractivity contribution is 5.99. The fourth-order valence-corrected chi connectivity index (χ4v) is 3.38. The zero-order valence-electron chi connectivity index (χ0n) is 14.0. The normalized spacial score (nSPS) is 18.2. The molecule has 0 unspecified atom stereocenters. The fraction of sp³-hybridized carbons (Fsp3) is 0.444. The summed E-state index contributed by atoms with van der Waals surface area (Å²) in [6.45, 7) is 5.45. The summed E-state index contributed by atoms with van der Waals surface area (Å²) < 4.78 is 12.9. The van der Waals surface area contributed by atoms with Crippen LogP contribution in [0.1, 0.15) is 50.5 Å². The second-order valence-electron chi connectivity index (χ2n) is 7.45. The van der Waals surface area contributed by atoms with E-state index in [1.807, 2.05) is 49.6 Å². The van der Waals surface area contributed by atoms with Crippen molar-refractivity contribution in [3.8, 4) is 0 Å². The standard InChI is InChI=1S/C18H20N2O4/c1-17(2,3)24-16(22)19-12-5-6-13-11(9-12)10-14-15(21)23-18(20(13)14)7-4-8-18/h5-6,9-10H,4,7-8H2,1-3H3,(H,19,22). The minimum atomic E-state index is -0.550. The van der Waals surface area contributed by atoms with E-state index in [-0.39, 0.29) is 5.97 Å². The zero-order valence-corrected chi connectivity index (χ0v) is 14.0. The summed E-state index contributed by atoms with van der Waals surface area (Å²) in [7, 11) is 0. The van der Waals surface area contributed by atoms with E-state index < -0.39 is 17.4 Å². The Kier molecular flexibility index (Phi) is 2.98. The Morgan fingerprint density at radius 2 is 2.04 bits per heavy atom. The summed E-state index contributed by atoms with van der Waals surface area (Å²) in [4.78, 5) is 24.0. The van der Waals surface area contributed by atoms with Gasteiger partial charge >= 0.3 is 12.1 Å². The molecule has 2 heterocycles. The van der Waals surface area contributed by atoms with E-state index in [9.17, 15) is 9.59 Å². The van der Waals surface area contributed by atoms with Crippen LogP contribution >= 0.6 is 0 Å². The monoisotopic (exact) mass is 328 g/mol. The lowest BCUT2D eigenvalue weighted by Crippen LogP contribution is -2.39. The van der Waals surface area contributed by atoms with E-state index in [2.05, 4.69) is 5.32 Å². The Morgan fingerprint density at radius 3 is 2.67 bits per heavy atom. The molecule has 1 aliphatic heterocycles. The van der Waals surface area contributed by atoms with Crippen LogP contribution < -0.4 is 5.32 Å². The van der Waals surface area contributed by atoms with Crippen LogP contribution in [0.5, 0.6) is 0 Å². The molecule has 1 aromatic carbocycles. The Morgan fingerprint density at radius 1 is 1.29 bits per heavy atom. The average molecular weight is 328 g/mol. The van der Waals surface area contributed by atoms with E-state index in [0.717, 1.165) is 30.2 Å². The van der Waals surface area contributed by atoms with Crippen molar-refractivity contribution in [2.45, 2.75) is 51.4 Å². The summed E-state index contributed by atoms with van der Waals surface area (Å²) >= 11 is 0. The molecule has 1 amide bonds. The number of nitrogens with zero attached hydrogens (tertiary/aromatic N) is 1. The van der Waals surface area contributed by atoms with Gasteiger partial charge in [0.05, 0.1) is 5.52 Å². The zero-order chi connectivity index (χ0) is 17.1. The molecule has 1 fully saturated rings. The second-order valence-corrected chi connectivity index (χ2v) is 7.45. The van der Waals surface area contributed by atoms with Crippen molar-refractivity contribution in [1.29, 1.82) is 0 Å². The molecule has 1 N–H and O–H groups in total. The highest BCUT2D eigenvalue weighted by atomic mass is 16.6. The molecule has 2 aromatic rings. The van der Waals surface area contributed by atoms with Crippen LogP contribution in [0.3, 0.4) is 0 Å². The molecule has 4 rings (SSSR count). The summed E-state index contributed by atoms with van der Waals surface area (Å²) in [5, 5.41) is 3.63. The number of aromatic nitrogens is 1. The van der Waals surface area contributed by atoms with Crippen LogP contribution in [0, 0.1) is 0 Å². The maximum Gasteiger partial charge on any atom is 0.412 e. The minimum Gasteiger partial charge on any atom is -0.444 e. The van der Waals surface area contributed by atoms with Crippen molar-refractivity contribution in [2.75, 3.05) is 5.32 Å². The Bertz CT molecular complexity index is 856. The van der Waals surface area contributed by atoms with Gasteiger partial charge in [-0.2, -0.15) is 0 Å². The van der Waals surface area contributed by atoms with Crippen molar-refractivity contribution >= 4 is 28.7 Å². The number of benzene rings is 1. The Hall–Kier alpha value is -2.50. The molecule has 1 aromatic heterocycles. The molecule has 126 valence electrons. The van der Waals surface area contributed by atoms with Gasteiger partial charge in [0, 0.05) is 23.9 Å². The maximum absolute atomic E-state index is 12.1.